The van der Waals surface area contributed by atoms with Gasteiger partial charge >= 0.3 is 0 Å². The van der Waals surface area contributed by atoms with Crippen LogP contribution in [0.25, 0.3) is 11.3 Å². The topological polar surface area (TPSA) is 102 Å². The van der Waals surface area contributed by atoms with Crippen LogP contribution in [-0.2, 0) is 10.1 Å². The third-order valence-electron chi connectivity index (χ3n) is 3.88. The first kappa shape index (κ1) is 17.0. The van der Waals surface area contributed by atoms with Crippen molar-refractivity contribution in [2.75, 3.05) is 5.32 Å². The lowest BCUT2D eigenvalue weighted by Crippen LogP contribution is -2.13. The minimum Gasteiger partial charge on any atom is -0.324 e. The first-order valence-corrected chi connectivity index (χ1v) is 9.46. The fourth-order valence-corrected chi connectivity index (χ4v) is 3.94. The van der Waals surface area contributed by atoms with Crippen molar-refractivity contribution in [3.05, 3.63) is 59.8 Å². The van der Waals surface area contributed by atoms with Gasteiger partial charge in [0.1, 0.15) is 12.2 Å². The Kier molecular flexibility index (Phi) is 4.85. The second-order valence-corrected chi connectivity index (χ2v) is 6.76. The molecule has 2 aromatic carbocycles. The minimum absolute atomic E-state index is 0.267. The number of amides is 1. The van der Waals surface area contributed by atoms with Crippen molar-refractivity contribution in [2.45, 2.75) is 10.6 Å². The molecule has 1 aliphatic rings. The number of carbonyl (C=O) groups excluding carboxylic acids is 1. The number of aromatic amines is 1. The maximum Gasteiger partial charge on any atom is 0.277 e. The highest BCUT2D eigenvalue weighted by Crippen LogP contribution is 2.41. The van der Waals surface area contributed by atoms with Crippen molar-refractivity contribution in [1.82, 2.24) is 10.2 Å². The van der Waals surface area contributed by atoms with Gasteiger partial charge in [-0.25, -0.2) is 0 Å². The minimum atomic E-state index is -0.267. The lowest BCUT2D eigenvalue weighted by molar-refractivity contribution is -0.0777. The molecule has 0 bridgehead atoms. The Morgan fingerprint density at radius 3 is 2.85 bits per heavy atom. The summed E-state index contributed by atoms with van der Waals surface area (Å²) in [6, 6.07) is 14.9. The van der Waals surface area contributed by atoms with E-state index in [0.29, 0.717) is 29.4 Å². The summed E-state index contributed by atoms with van der Waals surface area (Å²) in [5.41, 5.74) is 4.23. The van der Waals surface area contributed by atoms with E-state index in [1.54, 1.807) is 36.0 Å². The summed E-state index contributed by atoms with van der Waals surface area (Å²) in [4.78, 5) is 18.4. The second-order valence-electron chi connectivity index (χ2n) is 5.45. The molecule has 1 aromatic heterocycles. The molecular weight excluding hydrogens is 372 g/mol. The maximum atomic E-state index is 12.6. The van der Waals surface area contributed by atoms with Gasteiger partial charge in [0, 0.05) is 17.0 Å². The average Bonchev–Trinajstić information content (AvgIpc) is 3.12. The lowest BCUT2D eigenvalue weighted by atomic mass is 10.1. The molecule has 2 heterocycles. The van der Waals surface area contributed by atoms with Gasteiger partial charge in [-0.2, -0.15) is 5.10 Å². The van der Waals surface area contributed by atoms with Crippen LogP contribution in [0.1, 0.15) is 16.1 Å². The number of aromatic nitrogens is 2. The Labute approximate surface area is 157 Å². The Morgan fingerprint density at radius 1 is 1.23 bits per heavy atom. The molecule has 0 unspecified atom stereocenters. The van der Waals surface area contributed by atoms with Crippen LogP contribution >= 0.6 is 24.0 Å². The Balaban J connectivity index is 1.53. The summed E-state index contributed by atoms with van der Waals surface area (Å²) in [5.74, 6) is 1.02. The van der Waals surface area contributed by atoms with E-state index in [0.717, 1.165) is 21.9 Å². The van der Waals surface area contributed by atoms with Crippen LogP contribution in [0.2, 0.25) is 0 Å². The smallest absolute Gasteiger partial charge is 0.277 e. The number of anilines is 1. The van der Waals surface area contributed by atoms with E-state index >= 15 is 0 Å². The maximum absolute atomic E-state index is 12.6. The molecule has 1 aliphatic heterocycles. The van der Waals surface area contributed by atoms with Gasteiger partial charge in [-0.3, -0.25) is 15.0 Å². The number of fused-ring (bicyclic) bond motifs is 3. The van der Waals surface area contributed by atoms with Gasteiger partial charge in [0.25, 0.3) is 5.91 Å². The summed E-state index contributed by atoms with van der Waals surface area (Å²) in [6.07, 6.45) is 0. The first-order chi connectivity index (χ1) is 12.8. The number of hydrogen-bond donors (Lipinski definition) is 3. The number of rotatable bonds is 5. The normalized spacial score (nSPS) is 12.2. The zero-order valence-corrected chi connectivity index (χ0v) is 15.0. The zero-order valence-electron chi connectivity index (χ0n) is 13.4. The molecule has 1 amide bonds. The summed E-state index contributed by atoms with van der Waals surface area (Å²) < 4.78 is 4.58. The summed E-state index contributed by atoms with van der Waals surface area (Å²) in [7, 11) is 0. The molecule has 26 heavy (non-hydrogen) atoms. The summed E-state index contributed by atoms with van der Waals surface area (Å²) >= 11 is 2.22. The number of hydrogen-bond acceptors (Lipinski definition) is 7. The molecule has 0 saturated carbocycles. The molecule has 0 atom stereocenters. The molecule has 0 radical (unpaired) electrons. The molecule has 4 N–H and O–H groups in total. The SMILES string of the molecule is NSOOc1ccc(NC(=O)c2n[nH]c3c2SCc2ccccc2-3)cc1. The number of carbonyl (C=O) groups is 1. The number of benzene rings is 2. The van der Waals surface area contributed by atoms with Crippen molar-refractivity contribution in [2.24, 2.45) is 5.14 Å². The first-order valence-electron chi connectivity index (χ1n) is 7.67. The van der Waals surface area contributed by atoms with Gasteiger partial charge in [-0.1, -0.05) is 28.6 Å². The predicted octanol–water partition coefficient (Wildman–Crippen LogP) is 3.77. The number of H-pyrrole nitrogens is 1. The zero-order chi connectivity index (χ0) is 17.9. The van der Waals surface area contributed by atoms with Crippen LogP contribution < -0.4 is 15.3 Å². The van der Waals surface area contributed by atoms with Crippen LogP contribution in [0.4, 0.5) is 5.69 Å². The van der Waals surface area contributed by atoms with Crippen LogP contribution in [0.5, 0.6) is 5.75 Å². The van der Waals surface area contributed by atoms with Crippen LogP contribution in [0.15, 0.2) is 53.4 Å². The predicted molar refractivity (Wildman–Crippen MR) is 101 cm³/mol. The molecule has 0 saturated heterocycles. The van der Waals surface area contributed by atoms with Crippen LogP contribution in [0, 0.1) is 0 Å². The molecule has 132 valence electrons. The van der Waals surface area contributed by atoms with Gasteiger partial charge in [0.05, 0.1) is 10.6 Å². The second kappa shape index (κ2) is 7.42. The third kappa shape index (κ3) is 3.29. The fraction of sp³-hybridized carbons (Fsp3) is 0.0588. The van der Waals surface area contributed by atoms with Crippen molar-refractivity contribution in [3.63, 3.8) is 0 Å². The highest BCUT2D eigenvalue weighted by molar-refractivity contribution is 7.98. The molecule has 7 nitrogen and oxygen atoms in total. The molecule has 0 spiro atoms. The Hall–Kier alpha value is -2.46. The van der Waals surface area contributed by atoms with Gasteiger partial charge in [0.2, 0.25) is 0 Å². The van der Waals surface area contributed by atoms with Crippen LogP contribution in [0.3, 0.4) is 0 Å². The molecule has 0 aliphatic carbocycles. The van der Waals surface area contributed by atoms with Crippen molar-refractivity contribution < 1.29 is 14.0 Å². The van der Waals surface area contributed by atoms with Crippen molar-refractivity contribution >= 4 is 35.6 Å². The molecule has 9 heteroatoms. The van der Waals surface area contributed by atoms with E-state index in [-0.39, 0.29) is 5.91 Å². The fourth-order valence-electron chi connectivity index (χ4n) is 2.69. The summed E-state index contributed by atoms with van der Waals surface area (Å²) in [5, 5.41) is 15.2. The third-order valence-corrected chi connectivity index (χ3v) is 5.17. The van der Waals surface area contributed by atoms with E-state index in [1.165, 1.54) is 5.56 Å². The van der Waals surface area contributed by atoms with Gasteiger partial charge < -0.3 is 10.2 Å². The van der Waals surface area contributed by atoms with E-state index in [9.17, 15) is 4.79 Å². The Bertz CT molecular complexity index is 943. The number of nitrogens with one attached hydrogen (secondary N) is 2. The average molecular weight is 386 g/mol. The van der Waals surface area contributed by atoms with Crippen molar-refractivity contribution in [3.8, 4) is 17.0 Å². The van der Waals surface area contributed by atoms with E-state index in [2.05, 4.69) is 25.9 Å². The lowest BCUT2D eigenvalue weighted by Gasteiger charge is -2.15. The van der Waals surface area contributed by atoms with Gasteiger partial charge in [0.15, 0.2) is 11.4 Å². The number of nitrogens with two attached hydrogens (primary N) is 1. The number of nitrogens with zero attached hydrogens (tertiary/aromatic N) is 1. The van der Waals surface area contributed by atoms with E-state index in [4.69, 9.17) is 10.0 Å². The van der Waals surface area contributed by atoms with Crippen LogP contribution in [-0.4, -0.2) is 16.1 Å². The van der Waals surface area contributed by atoms with Gasteiger partial charge in [-0.15, -0.1) is 11.8 Å². The van der Waals surface area contributed by atoms with E-state index in [1.807, 2.05) is 18.2 Å². The largest absolute Gasteiger partial charge is 0.324 e. The molecule has 0 fully saturated rings. The Morgan fingerprint density at radius 2 is 2.04 bits per heavy atom. The quantitative estimate of drug-likeness (QED) is 0.265. The number of thioether (sulfide) groups is 1. The standard InChI is InChI=1S/C17H14N4O3S2/c18-26-24-23-12-7-5-11(6-8-12)19-17(22)15-16-14(20-21-15)13-4-2-1-3-10(13)9-25-16/h1-8H,9,18H2,(H,19,22)(H,20,21). The highest BCUT2D eigenvalue weighted by atomic mass is 32.2. The molecule has 4 rings (SSSR count). The summed E-state index contributed by atoms with van der Waals surface area (Å²) in [6.45, 7) is 0. The highest BCUT2D eigenvalue weighted by Gasteiger charge is 2.25. The molecular formula is C17H14N4O3S2. The van der Waals surface area contributed by atoms with E-state index < -0.39 is 0 Å². The van der Waals surface area contributed by atoms with Crippen molar-refractivity contribution in [1.29, 1.82) is 0 Å². The molecule has 3 aromatic rings. The van der Waals surface area contributed by atoms with Gasteiger partial charge in [-0.05, 0) is 29.8 Å². The monoisotopic (exact) mass is 386 g/mol.